The van der Waals surface area contributed by atoms with Gasteiger partial charge in [-0.3, -0.25) is 0 Å². The van der Waals surface area contributed by atoms with E-state index in [0.717, 1.165) is 13.2 Å². The summed E-state index contributed by atoms with van der Waals surface area (Å²) in [5.41, 5.74) is 1.38. The van der Waals surface area contributed by atoms with Gasteiger partial charge >= 0.3 is 0 Å². The highest BCUT2D eigenvalue weighted by atomic mass is 32.1. The van der Waals surface area contributed by atoms with Crippen LogP contribution in [-0.4, -0.2) is 19.3 Å². The van der Waals surface area contributed by atoms with Crippen molar-refractivity contribution in [2.75, 3.05) is 13.2 Å². The molecule has 0 spiro atoms. The van der Waals surface area contributed by atoms with Crippen molar-refractivity contribution >= 4 is 11.3 Å². The van der Waals surface area contributed by atoms with Gasteiger partial charge in [0.1, 0.15) is 0 Å². The Balaban J connectivity index is 1.74. The fraction of sp³-hybridized carbons (Fsp3) is 0.636. The molecule has 2 nitrogen and oxygen atoms in total. The van der Waals surface area contributed by atoms with Gasteiger partial charge in [-0.05, 0) is 42.2 Å². The third-order valence-corrected chi connectivity index (χ3v) is 3.42. The summed E-state index contributed by atoms with van der Waals surface area (Å²) in [7, 11) is 0. The van der Waals surface area contributed by atoms with Gasteiger partial charge in [-0.1, -0.05) is 0 Å². The monoisotopic (exact) mass is 211 g/mol. The molecule has 2 rings (SSSR count). The van der Waals surface area contributed by atoms with Crippen molar-refractivity contribution < 1.29 is 4.74 Å². The molecule has 78 valence electrons. The molecule has 14 heavy (non-hydrogen) atoms. The number of hydrogen-bond acceptors (Lipinski definition) is 3. The first-order valence-corrected chi connectivity index (χ1v) is 6.17. The highest BCUT2D eigenvalue weighted by molar-refractivity contribution is 7.07. The molecule has 1 N–H and O–H groups in total. The number of rotatable bonds is 4. The topological polar surface area (TPSA) is 21.3 Å². The van der Waals surface area contributed by atoms with Crippen molar-refractivity contribution in [3.05, 3.63) is 22.4 Å². The van der Waals surface area contributed by atoms with Crippen LogP contribution in [0.15, 0.2) is 16.8 Å². The Morgan fingerprint density at radius 2 is 2.64 bits per heavy atom. The molecular formula is C11H17NOS. The molecule has 3 heteroatoms. The lowest BCUT2D eigenvalue weighted by Gasteiger charge is -2.15. The SMILES string of the molecule is CC(NCC1CCCO1)c1ccsc1. The smallest absolute Gasteiger partial charge is 0.0700 e. The minimum absolute atomic E-state index is 0.441. The first-order chi connectivity index (χ1) is 6.86. The van der Waals surface area contributed by atoms with Crippen LogP contribution in [0.5, 0.6) is 0 Å². The molecule has 0 aliphatic carbocycles. The predicted molar refractivity (Wildman–Crippen MR) is 59.7 cm³/mol. The maximum Gasteiger partial charge on any atom is 0.0700 e. The summed E-state index contributed by atoms with van der Waals surface area (Å²) < 4.78 is 5.56. The van der Waals surface area contributed by atoms with Gasteiger partial charge in [-0.15, -0.1) is 0 Å². The summed E-state index contributed by atoms with van der Waals surface area (Å²) in [4.78, 5) is 0. The second-order valence-corrected chi connectivity index (χ2v) is 4.60. The Bertz CT molecular complexity index is 254. The third-order valence-electron chi connectivity index (χ3n) is 2.72. The van der Waals surface area contributed by atoms with Crippen LogP contribution >= 0.6 is 11.3 Å². The molecule has 1 aromatic heterocycles. The summed E-state index contributed by atoms with van der Waals surface area (Å²) in [6, 6.07) is 2.63. The summed E-state index contributed by atoms with van der Waals surface area (Å²) in [5.74, 6) is 0. The second-order valence-electron chi connectivity index (χ2n) is 3.82. The molecule has 2 heterocycles. The van der Waals surface area contributed by atoms with Crippen molar-refractivity contribution in [1.82, 2.24) is 5.32 Å². The van der Waals surface area contributed by atoms with Crippen molar-refractivity contribution in [1.29, 1.82) is 0 Å². The van der Waals surface area contributed by atoms with Crippen LogP contribution in [0.2, 0.25) is 0 Å². The van der Waals surface area contributed by atoms with Gasteiger partial charge in [0, 0.05) is 19.2 Å². The number of ether oxygens (including phenoxy) is 1. The van der Waals surface area contributed by atoms with Crippen LogP contribution in [-0.2, 0) is 4.74 Å². The molecular weight excluding hydrogens is 194 g/mol. The van der Waals surface area contributed by atoms with E-state index in [2.05, 4.69) is 29.1 Å². The fourth-order valence-corrected chi connectivity index (χ4v) is 2.51. The molecule has 0 radical (unpaired) electrons. The van der Waals surface area contributed by atoms with Gasteiger partial charge in [-0.25, -0.2) is 0 Å². The lowest BCUT2D eigenvalue weighted by Crippen LogP contribution is -2.28. The normalized spacial score (nSPS) is 23.9. The Morgan fingerprint density at radius 1 is 1.71 bits per heavy atom. The van der Waals surface area contributed by atoms with E-state index in [4.69, 9.17) is 4.74 Å². The van der Waals surface area contributed by atoms with E-state index >= 15 is 0 Å². The van der Waals surface area contributed by atoms with Gasteiger partial charge in [0.25, 0.3) is 0 Å². The predicted octanol–water partition coefficient (Wildman–Crippen LogP) is 2.58. The maximum atomic E-state index is 5.56. The highest BCUT2D eigenvalue weighted by Crippen LogP contribution is 2.17. The van der Waals surface area contributed by atoms with E-state index in [1.807, 2.05) is 0 Å². The molecule has 1 aliphatic rings. The van der Waals surface area contributed by atoms with E-state index in [1.165, 1.54) is 18.4 Å². The quantitative estimate of drug-likeness (QED) is 0.826. The van der Waals surface area contributed by atoms with E-state index in [0.29, 0.717) is 12.1 Å². The Hall–Kier alpha value is -0.380. The zero-order valence-corrected chi connectivity index (χ0v) is 9.35. The zero-order chi connectivity index (χ0) is 9.80. The van der Waals surface area contributed by atoms with Crippen LogP contribution < -0.4 is 5.32 Å². The zero-order valence-electron chi connectivity index (χ0n) is 8.53. The summed E-state index contributed by atoms with van der Waals surface area (Å²) in [6.07, 6.45) is 2.87. The lowest BCUT2D eigenvalue weighted by atomic mass is 10.1. The standard InChI is InChI=1S/C11H17NOS/c1-9(10-4-6-14-8-10)12-7-11-3-2-5-13-11/h4,6,8-9,11-12H,2-3,5,7H2,1H3. The van der Waals surface area contributed by atoms with Gasteiger partial charge < -0.3 is 10.1 Å². The number of hydrogen-bond donors (Lipinski definition) is 1. The lowest BCUT2D eigenvalue weighted by molar-refractivity contribution is 0.108. The first-order valence-electron chi connectivity index (χ1n) is 5.23. The Labute approximate surface area is 89.3 Å². The molecule has 0 bridgehead atoms. The molecule has 1 saturated heterocycles. The molecule has 1 aromatic rings. The Morgan fingerprint density at radius 3 is 3.29 bits per heavy atom. The summed E-state index contributed by atoms with van der Waals surface area (Å²) >= 11 is 1.75. The van der Waals surface area contributed by atoms with Gasteiger partial charge in [0.15, 0.2) is 0 Å². The summed E-state index contributed by atoms with van der Waals surface area (Å²) in [6.45, 7) is 4.13. The summed E-state index contributed by atoms with van der Waals surface area (Å²) in [5, 5.41) is 7.83. The molecule has 2 unspecified atom stereocenters. The second kappa shape index (κ2) is 4.91. The Kier molecular flexibility index (Phi) is 3.56. The van der Waals surface area contributed by atoms with Crippen molar-refractivity contribution in [2.45, 2.75) is 31.9 Å². The van der Waals surface area contributed by atoms with Crippen LogP contribution in [0.25, 0.3) is 0 Å². The van der Waals surface area contributed by atoms with Crippen molar-refractivity contribution in [2.24, 2.45) is 0 Å². The molecule has 1 fully saturated rings. The van der Waals surface area contributed by atoms with Crippen LogP contribution in [0.3, 0.4) is 0 Å². The van der Waals surface area contributed by atoms with E-state index in [1.54, 1.807) is 11.3 Å². The van der Waals surface area contributed by atoms with Crippen LogP contribution in [0, 0.1) is 0 Å². The van der Waals surface area contributed by atoms with E-state index in [-0.39, 0.29) is 0 Å². The molecule has 2 atom stereocenters. The highest BCUT2D eigenvalue weighted by Gasteiger charge is 2.16. The fourth-order valence-electron chi connectivity index (χ4n) is 1.75. The van der Waals surface area contributed by atoms with E-state index < -0.39 is 0 Å². The average molecular weight is 211 g/mol. The molecule has 0 saturated carbocycles. The molecule has 0 amide bonds. The van der Waals surface area contributed by atoms with Gasteiger partial charge in [-0.2, -0.15) is 11.3 Å². The third kappa shape index (κ3) is 2.56. The largest absolute Gasteiger partial charge is 0.377 e. The number of thiophene rings is 1. The molecule has 0 aromatic carbocycles. The maximum absolute atomic E-state index is 5.56. The van der Waals surface area contributed by atoms with Crippen molar-refractivity contribution in [3.63, 3.8) is 0 Å². The first kappa shape index (κ1) is 10.1. The van der Waals surface area contributed by atoms with Gasteiger partial charge in [0.2, 0.25) is 0 Å². The van der Waals surface area contributed by atoms with Gasteiger partial charge in [0.05, 0.1) is 6.10 Å². The van der Waals surface area contributed by atoms with Crippen molar-refractivity contribution in [3.8, 4) is 0 Å². The minimum atomic E-state index is 0.441. The van der Waals surface area contributed by atoms with Crippen LogP contribution in [0.4, 0.5) is 0 Å². The molecule has 1 aliphatic heterocycles. The van der Waals surface area contributed by atoms with Crippen LogP contribution in [0.1, 0.15) is 31.4 Å². The average Bonchev–Trinajstić information content (AvgIpc) is 2.87. The number of nitrogens with one attached hydrogen (secondary N) is 1. The minimum Gasteiger partial charge on any atom is -0.377 e. The van der Waals surface area contributed by atoms with E-state index in [9.17, 15) is 0 Å².